The predicted molar refractivity (Wildman–Crippen MR) is 82.3 cm³/mol. The van der Waals surface area contributed by atoms with Crippen LogP contribution in [0.15, 0.2) is 42.6 Å². The first-order valence-corrected chi connectivity index (χ1v) is 6.93. The summed E-state index contributed by atoms with van der Waals surface area (Å²) in [6, 6.07) is 9.32. The van der Waals surface area contributed by atoms with Crippen molar-refractivity contribution in [3.05, 3.63) is 54.0 Å². The molecule has 0 radical (unpaired) electrons. The van der Waals surface area contributed by atoms with Gasteiger partial charge in [-0.2, -0.15) is 0 Å². The van der Waals surface area contributed by atoms with Crippen LogP contribution in [-0.4, -0.2) is 29.6 Å². The van der Waals surface area contributed by atoms with E-state index in [-0.39, 0.29) is 11.8 Å². The minimum Gasteiger partial charge on any atom is -0.480 e. The molecule has 2 amide bonds. The summed E-state index contributed by atoms with van der Waals surface area (Å²) in [6.45, 7) is 2.67. The summed E-state index contributed by atoms with van der Waals surface area (Å²) >= 11 is 0. The monoisotopic (exact) mass is 303 g/mol. The maximum atomic E-state index is 13.2. The molecule has 0 aliphatic heterocycles. The molecule has 1 N–H and O–H groups in total. The van der Waals surface area contributed by atoms with Crippen molar-refractivity contribution in [1.29, 1.82) is 0 Å². The van der Waals surface area contributed by atoms with Gasteiger partial charge in [0, 0.05) is 19.3 Å². The molecule has 22 heavy (non-hydrogen) atoms. The van der Waals surface area contributed by atoms with Crippen LogP contribution in [0.3, 0.4) is 0 Å². The van der Waals surface area contributed by atoms with E-state index in [1.165, 1.54) is 19.2 Å². The number of urea groups is 1. The summed E-state index contributed by atoms with van der Waals surface area (Å²) in [7, 11) is 1.49. The van der Waals surface area contributed by atoms with Crippen molar-refractivity contribution < 1.29 is 13.9 Å². The summed E-state index contributed by atoms with van der Waals surface area (Å²) in [5.41, 5.74) is 1.22. The molecule has 0 aliphatic rings. The predicted octanol–water partition coefficient (Wildman–Crippen LogP) is 3.28. The van der Waals surface area contributed by atoms with Crippen LogP contribution in [0.1, 0.15) is 12.5 Å². The number of carbonyl (C=O) groups is 1. The second-order valence-corrected chi connectivity index (χ2v) is 4.63. The largest absolute Gasteiger partial charge is 0.480 e. The molecule has 1 aromatic carbocycles. The van der Waals surface area contributed by atoms with Crippen molar-refractivity contribution in [3.63, 3.8) is 0 Å². The van der Waals surface area contributed by atoms with Gasteiger partial charge in [-0.3, -0.25) is 0 Å². The van der Waals surface area contributed by atoms with E-state index in [1.807, 2.05) is 6.92 Å². The fourth-order valence-electron chi connectivity index (χ4n) is 2.03. The zero-order valence-corrected chi connectivity index (χ0v) is 12.5. The Hall–Kier alpha value is -2.63. The second kappa shape index (κ2) is 7.40. The van der Waals surface area contributed by atoms with Gasteiger partial charge in [-0.05, 0) is 36.8 Å². The van der Waals surface area contributed by atoms with Gasteiger partial charge in [-0.25, -0.2) is 14.2 Å². The van der Waals surface area contributed by atoms with E-state index in [0.29, 0.717) is 24.7 Å². The smallest absolute Gasteiger partial charge is 0.322 e. The van der Waals surface area contributed by atoms with Crippen LogP contribution in [0, 0.1) is 5.82 Å². The third-order valence-corrected chi connectivity index (χ3v) is 3.14. The van der Waals surface area contributed by atoms with Crippen molar-refractivity contribution in [2.75, 3.05) is 19.0 Å². The van der Waals surface area contributed by atoms with Gasteiger partial charge >= 0.3 is 6.03 Å². The number of benzene rings is 1. The van der Waals surface area contributed by atoms with Crippen LogP contribution in [0.2, 0.25) is 0 Å². The number of ether oxygens (including phenoxy) is 1. The van der Waals surface area contributed by atoms with Crippen LogP contribution in [-0.2, 0) is 6.54 Å². The Morgan fingerprint density at radius 2 is 2.18 bits per heavy atom. The number of nitrogens with one attached hydrogen (secondary N) is 1. The van der Waals surface area contributed by atoms with Gasteiger partial charge in [0.25, 0.3) is 0 Å². The highest BCUT2D eigenvalue weighted by atomic mass is 19.1. The highest BCUT2D eigenvalue weighted by Gasteiger charge is 2.15. The van der Waals surface area contributed by atoms with Crippen LogP contribution in [0.5, 0.6) is 5.88 Å². The van der Waals surface area contributed by atoms with Gasteiger partial charge < -0.3 is 15.0 Å². The number of methoxy groups -OCH3 is 1. The van der Waals surface area contributed by atoms with E-state index in [0.717, 1.165) is 5.56 Å². The number of amides is 2. The lowest BCUT2D eigenvalue weighted by atomic mass is 10.2. The first-order valence-electron chi connectivity index (χ1n) is 6.93. The fourth-order valence-corrected chi connectivity index (χ4v) is 2.03. The second-order valence-electron chi connectivity index (χ2n) is 4.63. The average Bonchev–Trinajstić information content (AvgIpc) is 2.53. The van der Waals surface area contributed by atoms with E-state index in [4.69, 9.17) is 4.74 Å². The van der Waals surface area contributed by atoms with Crippen molar-refractivity contribution >= 4 is 11.7 Å². The Morgan fingerprint density at radius 3 is 2.86 bits per heavy atom. The van der Waals surface area contributed by atoms with Crippen molar-refractivity contribution in [2.24, 2.45) is 0 Å². The molecule has 2 aromatic rings. The van der Waals surface area contributed by atoms with Crippen LogP contribution in [0.4, 0.5) is 14.9 Å². The molecule has 6 heteroatoms. The number of anilines is 1. The zero-order valence-electron chi connectivity index (χ0n) is 12.5. The normalized spacial score (nSPS) is 10.1. The fraction of sp³-hybridized carbons (Fsp3) is 0.250. The summed E-state index contributed by atoms with van der Waals surface area (Å²) in [5, 5.41) is 2.75. The molecular weight excluding hydrogens is 285 g/mol. The van der Waals surface area contributed by atoms with Gasteiger partial charge in [0.2, 0.25) is 5.88 Å². The molecule has 0 saturated carbocycles. The lowest BCUT2D eigenvalue weighted by Gasteiger charge is -2.22. The number of pyridine rings is 1. The summed E-state index contributed by atoms with van der Waals surface area (Å²) in [4.78, 5) is 17.9. The van der Waals surface area contributed by atoms with Gasteiger partial charge in [0.15, 0.2) is 0 Å². The molecule has 0 spiro atoms. The first-order chi connectivity index (χ1) is 10.6. The van der Waals surface area contributed by atoms with Crippen LogP contribution < -0.4 is 10.1 Å². The van der Waals surface area contributed by atoms with E-state index in [2.05, 4.69) is 10.3 Å². The molecule has 2 rings (SSSR count). The highest BCUT2D eigenvalue weighted by Crippen LogP contribution is 2.20. The van der Waals surface area contributed by atoms with E-state index >= 15 is 0 Å². The number of halogens is 1. The minimum absolute atomic E-state index is 0.293. The molecule has 5 nitrogen and oxygen atoms in total. The van der Waals surface area contributed by atoms with E-state index < -0.39 is 0 Å². The van der Waals surface area contributed by atoms with Crippen molar-refractivity contribution in [1.82, 2.24) is 9.88 Å². The maximum Gasteiger partial charge on any atom is 0.322 e. The molecule has 0 fully saturated rings. The third kappa shape index (κ3) is 3.94. The number of hydrogen-bond donors (Lipinski definition) is 1. The topological polar surface area (TPSA) is 54.5 Å². The molecule has 116 valence electrons. The summed E-state index contributed by atoms with van der Waals surface area (Å²) in [5.74, 6) is 0.0283. The lowest BCUT2D eigenvalue weighted by molar-refractivity contribution is 0.212. The summed E-state index contributed by atoms with van der Waals surface area (Å²) < 4.78 is 18.3. The highest BCUT2D eigenvalue weighted by molar-refractivity contribution is 5.90. The van der Waals surface area contributed by atoms with Crippen LogP contribution >= 0.6 is 0 Å². The molecular formula is C16H18FN3O2. The van der Waals surface area contributed by atoms with Gasteiger partial charge in [0.05, 0.1) is 7.11 Å². The summed E-state index contributed by atoms with van der Waals surface area (Å²) in [6.07, 6.45) is 1.58. The lowest BCUT2D eigenvalue weighted by Crippen LogP contribution is -2.34. The van der Waals surface area contributed by atoms with Gasteiger partial charge in [0.1, 0.15) is 11.5 Å². The Kier molecular flexibility index (Phi) is 5.30. The SMILES string of the molecule is CCN(Cc1cccc(F)c1)C(=O)Nc1cccnc1OC. The Balaban J connectivity index is 2.09. The molecule has 1 aromatic heterocycles. The van der Waals surface area contributed by atoms with Crippen molar-refractivity contribution in [2.45, 2.75) is 13.5 Å². The molecule has 0 aliphatic carbocycles. The number of carbonyl (C=O) groups excluding carboxylic acids is 1. The molecule has 0 bridgehead atoms. The van der Waals surface area contributed by atoms with Crippen molar-refractivity contribution in [3.8, 4) is 5.88 Å². The number of rotatable bonds is 5. The molecule has 0 saturated heterocycles. The average molecular weight is 303 g/mol. The quantitative estimate of drug-likeness (QED) is 0.922. The Morgan fingerprint density at radius 1 is 1.36 bits per heavy atom. The molecule has 0 atom stereocenters. The number of hydrogen-bond acceptors (Lipinski definition) is 3. The first kappa shape index (κ1) is 15.8. The Bertz CT molecular complexity index is 649. The zero-order chi connectivity index (χ0) is 15.9. The molecule has 1 heterocycles. The number of aromatic nitrogens is 1. The van der Waals surface area contributed by atoms with E-state index in [9.17, 15) is 9.18 Å². The minimum atomic E-state index is -0.317. The van der Waals surface area contributed by atoms with Gasteiger partial charge in [-0.1, -0.05) is 12.1 Å². The van der Waals surface area contributed by atoms with Gasteiger partial charge in [-0.15, -0.1) is 0 Å². The van der Waals surface area contributed by atoms with E-state index in [1.54, 1.807) is 35.4 Å². The maximum absolute atomic E-state index is 13.2. The number of nitrogens with zero attached hydrogens (tertiary/aromatic N) is 2. The Labute approximate surface area is 128 Å². The standard InChI is InChI=1S/C16H18FN3O2/c1-3-20(11-12-6-4-7-13(17)10-12)16(21)19-14-8-5-9-18-15(14)22-2/h4-10H,3,11H2,1-2H3,(H,19,21). The molecule has 0 unspecified atom stereocenters. The van der Waals surface area contributed by atoms with Crippen LogP contribution in [0.25, 0.3) is 0 Å². The third-order valence-electron chi connectivity index (χ3n) is 3.14.